The molecular formula is C23H18F3N3O4S. The van der Waals surface area contributed by atoms with Gasteiger partial charge >= 0.3 is 12.1 Å². The minimum atomic E-state index is -4.54. The lowest BCUT2D eigenvalue weighted by atomic mass is 10.1. The number of carbonyl (C=O) groups is 3. The van der Waals surface area contributed by atoms with E-state index in [0.717, 1.165) is 23.2 Å². The van der Waals surface area contributed by atoms with Gasteiger partial charge < -0.3 is 15.4 Å². The molecule has 176 valence electrons. The summed E-state index contributed by atoms with van der Waals surface area (Å²) in [6, 6.07) is 10.0. The summed E-state index contributed by atoms with van der Waals surface area (Å²) in [7, 11) is 0. The number of nitrogens with one attached hydrogen (secondary N) is 2. The first kappa shape index (κ1) is 24.6. The second kappa shape index (κ2) is 10.8. The number of amides is 2. The molecule has 7 nitrogen and oxygen atoms in total. The highest BCUT2D eigenvalue weighted by molar-refractivity contribution is 7.09. The lowest BCUT2D eigenvalue weighted by molar-refractivity contribution is -0.142. The molecule has 0 saturated carbocycles. The molecule has 1 heterocycles. The number of hydrogen-bond donors (Lipinski definition) is 2. The maximum absolute atomic E-state index is 12.8. The SMILES string of the molecule is Cc1nc(C=CC(=O)OCC(=O)Nc2cccc(C(=O)Nc3cccc(C(F)(F)F)c3)c2)cs1. The van der Waals surface area contributed by atoms with E-state index in [2.05, 4.69) is 15.6 Å². The van der Waals surface area contributed by atoms with Crippen molar-refractivity contribution in [3.63, 3.8) is 0 Å². The van der Waals surface area contributed by atoms with Gasteiger partial charge in [-0.15, -0.1) is 11.3 Å². The molecule has 2 amide bonds. The van der Waals surface area contributed by atoms with Crippen LogP contribution in [-0.2, 0) is 20.5 Å². The molecule has 3 aromatic rings. The number of rotatable bonds is 7. The van der Waals surface area contributed by atoms with Crippen LogP contribution in [0.5, 0.6) is 0 Å². The van der Waals surface area contributed by atoms with Gasteiger partial charge in [0.25, 0.3) is 11.8 Å². The third-order valence-electron chi connectivity index (χ3n) is 4.23. The van der Waals surface area contributed by atoms with Gasteiger partial charge in [0.2, 0.25) is 0 Å². The summed E-state index contributed by atoms with van der Waals surface area (Å²) in [6.07, 6.45) is -1.92. The summed E-state index contributed by atoms with van der Waals surface area (Å²) >= 11 is 1.43. The highest BCUT2D eigenvalue weighted by Crippen LogP contribution is 2.30. The molecule has 3 rings (SSSR count). The Bertz CT molecular complexity index is 1240. The summed E-state index contributed by atoms with van der Waals surface area (Å²) in [5.74, 6) is -2.03. The molecule has 0 aliphatic carbocycles. The highest BCUT2D eigenvalue weighted by atomic mass is 32.1. The van der Waals surface area contributed by atoms with Crippen molar-refractivity contribution >= 4 is 46.6 Å². The molecule has 34 heavy (non-hydrogen) atoms. The molecule has 2 N–H and O–H groups in total. The van der Waals surface area contributed by atoms with Crippen molar-refractivity contribution in [3.05, 3.63) is 81.8 Å². The molecule has 0 bridgehead atoms. The molecule has 0 aliphatic heterocycles. The van der Waals surface area contributed by atoms with Crippen molar-refractivity contribution in [2.45, 2.75) is 13.1 Å². The fourth-order valence-electron chi connectivity index (χ4n) is 2.71. The standard InChI is InChI=1S/C23H18F3N3O4S/c1-14-27-19(13-34-14)8-9-21(31)33-12-20(30)28-17-6-2-4-15(10-17)22(32)29-18-7-3-5-16(11-18)23(24,25)26/h2-11,13H,12H2,1H3,(H,28,30)(H,29,32). The molecule has 0 aliphatic rings. The zero-order valence-electron chi connectivity index (χ0n) is 17.7. The summed E-state index contributed by atoms with van der Waals surface area (Å²) in [6.45, 7) is 1.27. The minimum absolute atomic E-state index is 0.0259. The number of hydrogen-bond acceptors (Lipinski definition) is 6. The maximum Gasteiger partial charge on any atom is 0.416 e. The van der Waals surface area contributed by atoms with Crippen molar-refractivity contribution in [2.75, 3.05) is 17.2 Å². The molecule has 2 aromatic carbocycles. The summed E-state index contributed by atoms with van der Waals surface area (Å²) in [4.78, 5) is 40.4. The summed E-state index contributed by atoms with van der Waals surface area (Å²) in [5.41, 5.74) is 0.0310. The third-order valence-corrected chi connectivity index (χ3v) is 5.02. The second-order valence-electron chi connectivity index (χ2n) is 6.89. The predicted molar refractivity (Wildman–Crippen MR) is 121 cm³/mol. The Morgan fingerprint density at radius 1 is 1.06 bits per heavy atom. The van der Waals surface area contributed by atoms with Crippen molar-refractivity contribution in [3.8, 4) is 0 Å². The van der Waals surface area contributed by atoms with Crippen LogP contribution in [-0.4, -0.2) is 29.4 Å². The van der Waals surface area contributed by atoms with Crippen molar-refractivity contribution in [1.82, 2.24) is 4.98 Å². The fraction of sp³-hybridized carbons (Fsp3) is 0.130. The van der Waals surface area contributed by atoms with Crippen LogP contribution in [0.4, 0.5) is 24.5 Å². The number of alkyl halides is 3. The Morgan fingerprint density at radius 3 is 2.44 bits per heavy atom. The first-order valence-electron chi connectivity index (χ1n) is 9.75. The number of anilines is 2. The maximum atomic E-state index is 12.8. The van der Waals surface area contributed by atoms with Gasteiger partial charge in [-0.3, -0.25) is 9.59 Å². The van der Waals surface area contributed by atoms with E-state index < -0.39 is 36.1 Å². The van der Waals surface area contributed by atoms with Crippen molar-refractivity contribution in [2.24, 2.45) is 0 Å². The van der Waals surface area contributed by atoms with E-state index in [1.54, 1.807) is 5.38 Å². The number of aryl methyl sites for hydroxylation is 1. The predicted octanol–water partition coefficient (Wildman–Crippen LogP) is 4.92. The number of nitrogens with zero attached hydrogens (tertiary/aromatic N) is 1. The van der Waals surface area contributed by atoms with Gasteiger partial charge in [-0.2, -0.15) is 13.2 Å². The van der Waals surface area contributed by atoms with Gasteiger partial charge in [-0.05, 0) is 49.4 Å². The topological polar surface area (TPSA) is 97.4 Å². The molecule has 0 radical (unpaired) electrons. The van der Waals surface area contributed by atoms with E-state index in [4.69, 9.17) is 4.74 Å². The Labute approximate surface area is 196 Å². The van der Waals surface area contributed by atoms with Gasteiger partial charge in [0.05, 0.1) is 16.3 Å². The van der Waals surface area contributed by atoms with E-state index in [0.29, 0.717) is 5.69 Å². The van der Waals surface area contributed by atoms with Crippen LogP contribution in [0.2, 0.25) is 0 Å². The second-order valence-corrected chi connectivity index (χ2v) is 7.96. The summed E-state index contributed by atoms with van der Waals surface area (Å²) in [5, 5.41) is 7.48. The molecule has 0 spiro atoms. The molecule has 0 atom stereocenters. The minimum Gasteiger partial charge on any atom is -0.452 e. The Balaban J connectivity index is 1.54. The number of halogens is 3. The fourth-order valence-corrected chi connectivity index (χ4v) is 3.29. The Hall–Kier alpha value is -3.99. The highest BCUT2D eigenvalue weighted by Gasteiger charge is 2.30. The lowest BCUT2D eigenvalue weighted by Gasteiger charge is -2.11. The van der Waals surface area contributed by atoms with Crippen LogP contribution in [0.1, 0.15) is 26.6 Å². The normalized spacial score (nSPS) is 11.3. The van der Waals surface area contributed by atoms with Crippen LogP contribution in [0.25, 0.3) is 6.08 Å². The van der Waals surface area contributed by atoms with Gasteiger partial charge in [0.15, 0.2) is 6.61 Å². The number of ether oxygens (including phenoxy) is 1. The largest absolute Gasteiger partial charge is 0.452 e. The Morgan fingerprint density at radius 2 is 1.76 bits per heavy atom. The van der Waals surface area contributed by atoms with E-state index >= 15 is 0 Å². The molecule has 0 unspecified atom stereocenters. The average molecular weight is 489 g/mol. The van der Waals surface area contributed by atoms with E-state index in [-0.39, 0.29) is 16.9 Å². The smallest absolute Gasteiger partial charge is 0.416 e. The number of aromatic nitrogens is 1. The number of benzene rings is 2. The van der Waals surface area contributed by atoms with Crippen LogP contribution in [0.3, 0.4) is 0 Å². The van der Waals surface area contributed by atoms with Crippen LogP contribution in [0, 0.1) is 6.92 Å². The van der Waals surface area contributed by atoms with Crippen LogP contribution >= 0.6 is 11.3 Å². The molecule has 11 heteroatoms. The number of thiazole rings is 1. The van der Waals surface area contributed by atoms with Crippen LogP contribution < -0.4 is 10.6 Å². The van der Waals surface area contributed by atoms with Crippen molar-refractivity contribution in [1.29, 1.82) is 0 Å². The lowest BCUT2D eigenvalue weighted by Crippen LogP contribution is -2.20. The quantitative estimate of drug-likeness (QED) is 0.363. The van der Waals surface area contributed by atoms with Gasteiger partial charge in [-0.25, -0.2) is 9.78 Å². The third kappa shape index (κ3) is 7.27. The molecule has 0 fully saturated rings. The van der Waals surface area contributed by atoms with Gasteiger partial charge in [0.1, 0.15) is 0 Å². The van der Waals surface area contributed by atoms with Gasteiger partial charge in [-0.1, -0.05) is 12.1 Å². The van der Waals surface area contributed by atoms with Crippen molar-refractivity contribution < 1.29 is 32.3 Å². The Kier molecular flexibility index (Phi) is 7.79. The zero-order chi connectivity index (χ0) is 24.7. The molecule has 0 saturated heterocycles. The van der Waals surface area contributed by atoms with E-state index in [1.165, 1.54) is 53.8 Å². The van der Waals surface area contributed by atoms with Crippen LogP contribution in [0.15, 0.2) is 60.0 Å². The monoisotopic (exact) mass is 489 g/mol. The molecular weight excluding hydrogens is 471 g/mol. The molecule has 1 aromatic heterocycles. The average Bonchev–Trinajstić information content (AvgIpc) is 3.21. The summed E-state index contributed by atoms with van der Waals surface area (Å²) < 4.78 is 43.4. The number of esters is 1. The first-order chi connectivity index (χ1) is 16.1. The zero-order valence-corrected chi connectivity index (χ0v) is 18.5. The number of carbonyl (C=O) groups excluding carboxylic acids is 3. The van der Waals surface area contributed by atoms with Gasteiger partial charge in [0, 0.05) is 28.4 Å². The van der Waals surface area contributed by atoms with E-state index in [9.17, 15) is 27.6 Å². The first-order valence-corrected chi connectivity index (χ1v) is 10.6. The van der Waals surface area contributed by atoms with E-state index in [1.807, 2.05) is 6.92 Å².